The van der Waals surface area contributed by atoms with Gasteiger partial charge in [0.1, 0.15) is 0 Å². The van der Waals surface area contributed by atoms with Crippen LogP contribution in [0.25, 0.3) is 0 Å². The zero-order chi connectivity index (χ0) is 20.2. The van der Waals surface area contributed by atoms with E-state index in [0.29, 0.717) is 5.11 Å². The summed E-state index contributed by atoms with van der Waals surface area (Å²) in [6, 6.07) is 10.7. The number of rotatable bonds is 3. The molecule has 2 saturated heterocycles. The largest absolute Gasteiger partial charge is 0.379 e. The van der Waals surface area contributed by atoms with Gasteiger partial charge in [-0.25, -0.2) is 9.75 Å². The molecule has 0 aliphatic carbocycles. The lowest BCUT2D eigenvalue weighted by Gasteiger charge is -2.47. The number of hydrogen-bond acceptors (Lipinski definition) is 3. The number of morpholine rings is 1. The molecule has 28 heavy (non-hydrogen) atoms. The SMILES string of the molecule is C[NH+]1CCN(NC(=S)N=[P@@](c2ccccc2)(N2CCOCC2)C(C)(C)C)CC1. The summed E-state index contributed by atoms with van der Waals surface area (Å²) in [6.07, 6.45) is 0. The molecule has 2 aliphatic heterocycles. The third kappa shape index (κ3) is 4.84. The molecule has 1 atom stereocenters. The maximum absolute atomic E-state index is 5.79. The minimum Gasteiger partial charge on any atom is -0.379 e. The maximum atomic E-state index is 5.79. The second-order valence-electron chi connectivity index (χ2n) is 8.63. The fourth-order valence-corrected chi connectivity index (χ4v) is 8.63. The van der Waals surface area contributed by atoms with Gasteiger partial charge in [-0.05, 0) is 12.2 Å². The lowest BCUT2D eigenvalue weighted by Crippen LogP contribution is -3.12. The van der Waals surface area contributed by atoms with E-state index in [0.717, 1.165) is 52.5 Å². The van der Waals surface area contributed by atoms with Crippen molar-refractivity contribution in [3.05, 3.63) is 30.3 Å². The van der Waals surface area contributed by atoms with Gasteiger partial charge in [-0.2, -0.15) is 0 Å². The molecule has 6 nitrogen and oxygen atoms in total. The Kier molecular flexibility index (Phi) is 7.29. The monoisotopic (exact) mass is 424 g/mol. The lowest BCUT2D eigenvalue weighted by molar-refractivity contribution is -0.884. The number of nitrogens with zero attached hydrogens (tertiary/aromatic N) is 3. The first-order valence-electron chi connectivity index (χ1n) is 10.2. The van der Waals surface area contributed by atoms with Gasteiger partial charge in [0.2, 0.25) is 5.11 Å². The highest BCUT2D eigenvalue weighted by Crippen LogP contribution is 2.62. The Morgan fingerprint density at radius 3 is 2.29 bits per heavy atom. The number of likely N-dealkylation sites (N-methyl/N-ethyl adjacent to an activating group) is 1. The fourth-order valence-electron chi connectivity index (χ4n) is 4.01. The number of hydrogen-bond donors (Lipinski definition) is 2. The smallest absolute Gasteiger partial charge is 0.207 e. The molecule has 0 spiro atoms. The standard InChI is InChI=1S/C20H34N5OPS/c1-20(2,3)27(18-8-6-5-7-9-18,25-14-16-26-17-15-25)22-19(28)21-24-12-10-23(4)11-13-24/h5-9H,10-17H2,1-4H3,(H,21,28)/p+1/t27-/m0/s1. The van der Waals surface area contributed by atoms with Crippen LogP contribution < -0.4 is 15.6 Å². The molecule has 2 fully saturated rings. The Balaban J connectivity index is 1.99. The number of ether oxygens (including phenoxy) is 1. The second kappa shape index (κ2) is 9.33. The summed E-state index contributed by atoms with van der Waals surface area (Å²) in [5.74, 6) is 0. The molecule has 2 aliphatic rings. The van der Waals surface area contributed by atoms with Gasteiger partial charge in [-0.15, -0.1) is 0 Å². The first kappa shape index (κ1) is 21.9. The summed E-state index contributed by atoms with van der Waals surface area (Å²) in [6.45, 7) is 14.4. The van der Waals surface area contributed by atoms with Gasteiger partial charge in [-0.3, -0.25) is 10.1 Å². The van der Waals surface area contributed by atoms with Gasteiger partial charge in [-0.1, -0.05) is 51.1 Å². The fraction of sp³-hybridized carbons (Fsp3) is 0.650. The highest BCUT2D eigenvalue weighted by atomic mass is 32.1. The molecule has 1 aromatic rings. The average Bonchev–Trinajstić information content (AvgIpc) is 2.68. The van der Waals surface area contributed by atoms with Crippen LogP contribution in [0.5, 0.6) is 0 Å². The number of quaternary nitrogens is 1. The van der Waals surface area contributed by atoms with Crippen LogP contribution in [0.3, 0.4) is 0 Å². The molecule has 156 valence electrons. The van der Waals surface area contributed by atoms with Crippen LogP contribution in [0.2, 0.25) is 0 Å². The van der Waals surface area contributed by atoms with Crippen LogP contribution in [-0.4, -0.2) is 79.5 Å². The second-order valence-corrected chi connectivity index (χ2v) is 12.8. The van der Waals surface area contributed by atoms with E-state index in [-0.39, 0.29) is 5.16 Å². The van der Waals surface area contributed by atoms with E-state index in [1.54, 1.807) is 4.90 Å². The Bertz CT molecular complexity index is 707. The van der Waals surface area contributed by atoms with Crippen molar-refractivity contribution in [2.24, 2.45) is 4.74 Å². The van der Waals surface area contributed by atoms with Crippen molar-refractivity contribution in [2.75, 3.05) is 59.5 Å². The topological polar surface area (TPSA) is 44.5 Å². The predicted molar refractivity (Wildman–Crippen MR) is 121 cm³/mol. The van der Waals surface area contributed by atoms with Gasteiger partial charge in [0, 0.05) is 23.6 Å². The summed E-state index contributed by atoms with van der Waals surface area (Å²) in [7, 11) is 0.139. The molecule has 0 radical (unpaired) electrons. The molecule has 0 saturated carbocycles. The van der Waals surface area contributed by atoms with Gasteiger partial charge in [0.15, 0.2) is 0 Å². The normalized spacial score (nSPS) is 22.4. The van der Waals surface area contributed by atoms with Crippen molar-refractivity contribution in [1.82, 2.24) is 15.1 Å². The van der Waals surface area contributed by atoms with Crippen LogP contribution in [0.1, 0.15) is 20.8 Å². The van der Waals surface area contributed by atoms with Crippen LogP contribution >= 0.6 is 19.4 Å². The van der Waals surface area contributed by atoms with Crippen LogP contribution in [-0.2, 0) is 4.74 Å². The first-order chi connectivity index (χ1) is 13.3. The molecule has 0 amide bonds. The van der Waals surface area contributed by atoms with Crippen molar-refractivity contribution < 1.29 is 9.64 Å². The van der Waals surface area contributed by atoms with Gasteiger partial charge in [0.05, 0.1) is 53.6 Å². The van der Waals surface area contributed by atoms with Crippen molar-refractivity contribution in [1.29, 1.82) is 0 Å². The minimum atomic E-state index is -2.10. The van der Waals surface area contributed by atoms with Crippen molar-refractivity contribution in [3.8, 4) is 0 Å². The van der Waals surface area contributed by atoms with E-state index < -0.39 is 7.21 Å². The molecular formula is C20H35N5OPS+. The van der Waals surface area contributed by atoms with E-state index >= 15 is 0 Å². The Morgan fingerprint density at radius 2 is 1.71 bits per heavy atom. The lowest BCUT2D eigenvalue weighted by atomic mass is 10.3. The number of hydrazine groups is 1. The molecule has 3 rings (SSSR count). The highest BCUT2D eigenvalue weighted by molar-refractivity contribution is 7.81. The summed E-state index contributed by atoms with van der Waals surface area (Å²) < 4.78 is 13.5. The molecule has 0 bridgehead atoms. The zero-order valence-electron chi connectivity index (χ0n) is 17.6. The number of piperazine rings is 1. The van der Waals surface area contributed by atoms with Gasteiger partial charge >= 0.3 is 0 Å². The van der Waals surface area contributed by atoms with E-state index in [1.165, 1.54) is 5.30 Å². The van der Waals surface area contributed by atoms with Gasteiger partial charge in [0.25, 0.3) is 0 Å². The summed E-state index contributed by atoms with van der Waals surface area (Å²) in [5, 5.41) is 4.08. The number of thiocarbonyl (C=S) groups is 1. The number of benzene rings is 1. The molecule has 0 aromatic heterocycles. The molecule has 1 aromatic carbocycles. The molecule has 2 heterocycles. The predicted octanol–water partition coefficient (Wildman–Crippen LogP) is 1.18. The van der Waals surface area contributed by atoms with E-state index in [4.69, 9.17) is 21.7 Å². The summed E-state index contributed by atoms with van der Waals surface area (Å²) in [5.41, 5.74) is 3.43. The molecule has 8 heteroatoms. The molecular weight excluding hydrogens is 389 g/mol. The average molecular weight is 425 g/mol. The van der Waals surface area contributed by atoms with E-state index in [9.17, 15) is 0 Å². The summed E-state index contributed by atoms with van der Waals surface area (Å²) >= 11 is 5.79. The highest BCUT2D eigenvalue weighted by Gasteiger charge is 2.42. The molecule has 0 unspecified atom stereocenters. The Labute approximate surface area is 175 Å². The first-order valence-corrected chi connectivity index (χ1v) is 12.3. The van der Waals surface area contributed by atoms with Crippen molar-refractivity contribution in [2.45, 2.75) is 25.9 Å². The Hall–Kier alpha value is -0.820. The maximum Gasteiger partial charge on any atom is 0.207 e. The third-order valence-corrected chi connectivity index (χ3v) is 10.5. The van der Waals surface area contributed by atoms with Crippen molar-refractivity contribution >= 4 is 29.8 Å². The zero-order valence-corrected chi connectivity index (χ0v) is 19.4. The van der Waals surface area contributed by atoms with Crippen molar-refractivity contribution in [3.63, 3.8) is 0 Å². The van der Waals surface area contributed by atoms with Crippen LogP contribution in [0.15, 0.2) is 35.1 Å². The van der Waals surface area contributed by atoms with E-state index in [2.05, 4.69) is 73.3 Å². The number of nitrogens with one attached hydrogen (secondary N) is 2. The quantitative estimate of drug-likeness (QED) is 0.564. The minimum absolute atomic E-state index is 0.0380. The van der Waals surface area contributed by atoms with Crippen LogP contribution in [0, 0.1) is 0 Å². The van der Waals surface area contributed by atoms with E-state index in [1.807, 2.05) is 0 Å². The van der Waals surface area contributed by atoms with Crippen LogP contribution in [0.4, 0.5) is 0 Å². The van der Waals surface area contributed by atoms with Gasteiger partial charge < -0.3 is 9.64 Å². The molecule has 2 N–H and O–H groups in total. The summed E-state index contributed by atoms with van der Waals surface area (Å²) in [4.78, 5) is 1.56. The third-order valence-electron chi connectivity index (χ3n) is 5.55. The Morgan fingerprint density at radius 1 is 1.11 bits per heavy atom.